The predicted molar refractivity (Wildman–Crippen MR) is 97.8 cm³/mol. The summed E-state index contributed by atoms with van der Waals surface area (Å²) < 4.78 is 0.477. The molecule has 1 aromatic carbocycles. The minimum atomic E-state index is -0.888. The lowest BCUT2D eigenvalue weighted by atomic mass is 10.1. The second-order valence-electron chi connectivity index (χ2n) is 4.65. The number of halogens is 3. The van der Waals surface area contributed by atoms with Gasteiger partial charge in [-0.15, -0.1) is 0 Å². The summed E-state index contributed by atoms with van der Waals surface area (Å²) in [6.07, 6.45) is 0. The van der Waals surface area contributed by atoms with E-state index in [2.05, 4.69) is 58.4 Å². The van der Waals surface area contributed by atoms with Gasteiger partial charge in [-0.2, -0.15) is 0 Å². The number of amides is 3. The molecule has 8 nitrogen and oxygen atoms in total. The van der Waals surface area contributed by atoms with Crippen LogP contribution in [0.25, 0.3) is 0 Å². The molecule has 0 aliphatic rings. The average Bonchev–Trinajstić information content (AvgIpc) is 2.48. The molecule has 0 saturated heterocycles. The second-order valence-corrected chi connectivity index (χ2v) is 7.03. The van der Waals surface area contributed by atoms with Crippen molar-refractivity contribution in [1.29, 1.82) is 0 Å². The van der Waals surface area contributed by atoms with Crippen molar-refractivity contribution in [2.45, 2.75) is 13.0 Å². The van der Waals surface area contributed by atoms with Gasteiger partial charge in [-0.1, -0.05) is 0 Å². The summed E-state index contributed by atoms with van der Waals surface area (Å²) in [5.74, 6) is -1.95. The Morgan fingerprint density at radius 1 is 1.04 bits per heavy atom. The van der Waals surface area contributed by atoms with Gasteiger partial charge >= 0.3 is 0 Å². The molecular formula is C13H14Br3N3O5. The highest BCUT2D eigenvalue weighted by Gasteiger charge is 2.28. The van der Waals surface area contributed by atoms with Gasteiger partial charge in [-0.05, 0) is 47.8 Å². The third kappa shape index (κ3) is 4.54. The first-order chi connectivity index (χ1) is 11.1. The molecule has 0 bridgehead atoms. The van der Waals surface area contributed by atoms with Gasteiger partial charge in [0.1, 0.15) is 0 Å². The zero-order valence-electron chi connectivity index (χ0n) is 12.3. The Hall–Kier alpha value is -1.01. The summed E-state index contributed by atoms with van der Waals surface area (Å²) in [5, 5.41) is 23.1. The van der Waals surface area contributed by atoms with Gasteiger partial charge in [0.2, 0.25) is 5.91 Å². The van der Waals surface area contributed by atoms with E-state index in [1.165, 1.54) is 6.92 Å². The first-order valence-electron chi connectivity index (χ1n) is 6.46. The lowest BCUT2D eigenvalue weighted by Crippen LogP contribution is -2.40. The molecular weight excluding hydrogens is 518 g/mol. The van der Waals surface area contributed by atoms with E-state index < -0.39 is 37.0 Å². The van der Waals surface area contributed by atoms with Crippen LogP contribution in [0.1, 0.15) is 27.6 Å². The fraction of sp³-hybridized carbons (Fsp3) is 0.308. The van der Waals surface area contributed by atoms with E-state index in [0.717, 1.165) is 0 Å². The maximum absolute atomic E-state index is 12.5. The number of hydrogen-bond donors (Lipinski definition) is 5. The third-order valence-corrected chi connectivity index (χ3v) is 5.25. The normalized spacial score (nSPS) is 10.6. The lowest BCUT2D eigenvalue weighted by Gasteiger charge is -2.19. The van der Waals surface area contributed by atoms with Crippen LogP contribution in [0.5, 0.6) is 0 Å². The van der Waals surface area contributed by atoms with Crippen molar-refractivity contribution >= 4 is 71.2 Å². The minimum absolute atomic E-state index is 0.0253. The Morgan fingerprint density at radius 2 is 1.54 bits per heavy atom. The third-order valence-electron chi connectivity index (χ3n) is 2.87. The second kappa shape index (κ2) is 8.90. The molecule has 3 amide bonds. The van der Waals surface area contributed by atoms with Gasteiger partial charge in [-0.25, -0.2) is 0 Å². The van der Waals surface area contributed by atoms with Crippen molar-refractivity contribution in [1.82, 2.24) is 5.32 Å². The number of hydrogen-bond acceptors (Lipinski definition) is 5. The number of aliphatic hydroxyl groups is 2. The van der Waals surface area contributed by atoms with Gasteiger partial charge in [0.15, 0.2) is 0 Å². The van der Waals surface area contributed by atoms with E-state index in [1.807, 2.05) is 0 Å². The first-order valence-corrected chi connectivity index (χ1v) is 8.83. The van der Waals surface area contributed by atoms with Gasteiger partial charge in [0.25, 0.3) is 11.8 Å². The smallest absolute Gasteiger partial charge is 0.254 e. The van der Waals surface area contributed by atoms with Crippen molar-refractivity contribution in [2.75, 3.05) is 18.5 Å². The lowest BCUT2D eigenvalue weighted by molar-refractivity contribution is -0.114. The van der Waals surface area contributed by atoms with Crippen LogP contribution in [0, 0.1) is 0 Å². The van der Waals surface area contributed by atoms with Crippen molar-refractivity contribution in [3.8, 4) is 0 Å². The molecule has 0 atom stereocenters. The molecule has 1 aromatic rings. The quantitative estimate of drug-likeness (QED) is 0.374. The highest BCUT2D eigenvalue weighted by Crippen LogP contribution is 2.42. The Morgan fingerprint density at radius 3 is 1.96 bits per heavy atom. The van der Waals surface area contributed by atoms with E-state index >= 15 is 0 Å². The highest BCUT2D eigenvalue weighted by atomic mass is 79.9. The SMILES string of the molecule is CC(=O)Nc1c(Br)c(C(N)=O)c(Br)c(C(=O)NC(CO)CO)c1Br. The van der Waals surface area contributed by atoms with Crippen LogP contribution in [0.3, 0.4) is 0 Å². The van der Waals surface area contributed by atoms with E-state index in [4.69, 9.17) is 15.9 Å². The molecule has 0 unspecified atom stereocenters. The van der Waals surface area contributed by atoms with Gasteiger partial charge in [0, 0.05) is 11.4 Å². The van der Waals surface area contributed by atoms with E-state index in [-0.39, 0.29) is 30.2 Å². The van der Waals surface area contributed by atoms with Crippen LogP contribution < -0.4 is 16.4 Å². The Balaban J connectivity index is 3.58. The number of primary amides is 1. The molecule has 24 heavy (non-hydrogen) atoms. The molecule has 1 rings (SSSR count). The number of anilines is 1. The number of rotatable bonds is 6. The Bertz CT molecular complexity index is 692. The number of carbonyl (C=O) groups is 3. The van der Waals surface area contributed by atoms with Crippen molar-refractivity contribution in [2.24, 2.45) is 5.73 Å². The van der Waals surface area contributed by atoms with Crippen LogP contribution in [0.4, 0.5) is 5.69 Å². The topological polar surface area (TPSA) is 142 Å². The van der Waals surface area contributed by atoms with E-state index in [1.54, 1.807) is 0 Å². The summed E-state index contributed by atoms with van der Waals surface area (Å²) in [6, 6.07) is -0.888. The van der Waals surface area contributed by atoms with E-state index in [9.17, 15) is 14.4 Å². The summed E-state index contributed by atoms with van der Waals surface area (Å²) in [5.41, 5.74) is 5.43. The van der Waals surface area contributed by atoms with Crippen LogP contribution in [0.2, 0.25) is 0 Å². The molecule has 0 heterocycles. The number of aliphatic hydroxyl groups excluding tert-OH is 2. The molecule has 0 aliphatic heterocycles. The van der Waals surface area contributed by atoms with Crippen molar-refractivity contribution < 1.29 is 24.6 Å². The Labute approximate surface area is 162 Å². The zero-order chi connectivity index (χ0) is 18.6. The maximum Gasteiger partial charge on any atom is 0.254 e. The summed E-state index contributed by atoms with van der Waals surface area (Å²) in [6.45, 7) is 0.308. The van der Waals surface area contributed by atoms with Crippen LogP contribution in [-0.4, -0.2) is 47.2 Å². The zero-order valence-corrected chi connectivity index (χ0v) is 17.1. The van der Waals surface area contributed by atoms with E-state index in [0.29, 0.717) is 0 Å². The van der Waals surface area contributed by atoms with Crippen LogP contribution >= 0.6 is 47.8 Å². The van der Waals surface area contributed by atoms with Crippen LogP contribution in [0.15, 0.2) is 13.4 Å². The number of carbonyl (C=O) groups excluding carboxylic acids is 3. The number of nitrogens with one attached hydrogen (secondary N) is 2. The standard InChI is InChI=1S/C13H14Br3N3O5/c1-4(22)18-11-9(15)6(12(17)23)8(14)7(10(11)16)13(24)19-5(2-20)3-21/h5,20-21H,2-3H2,1H3,(H2,17,23)(H,18,22)(H,19,24). The molecule has 6 N–H and O–H groups in total. The maximum atomic E-state index is 12.5. The predicted octanol–water partition coefficient (Wildman–Crippen LogP) is 1.11. The Kier molecular flexibility index (Phi) is 7.80. The van der Waals surface area contributed by atoms with Crippen molar-refractivity contribution in [3.05, 3.63) is 24.5 Å². The highest BCUT2D eigenvalue weighted by molar-refractivity contribution is 9.11. The van der Waals surface area contributed by atoms with Crippen molar-refractivity contribution in [3.63, 3.8) is 0 Å². The van der Waals surface area contributed by atoms with Gasteiger partial charge < -0.3 is 26.6 Å². The molecule has 0 aliphatic carbocycles. The summed E-state index contributed by atoms with van der Waals surface area (Å²) in [7, 11) is 0. The molecule has 0 saturated carbocycles. The summed E-state index contributed by atoms with van der Waals surface area (Å²) >= 11 is 9.56. The fourth-order valence-corrected chi connectivity index (χ4v) is 4.71. The monoisotopic (exact) mass is 529 g/mol. The average molecular weight is 532 g/mol. The molecule has 0 spiro atoms. The number of nitrogens with two attached hydrogens (primary N) is 1. The van der Waals surface area contributed by atoms with Crippen LogP contribution in [-0.2, 0) is 4.79 Å². The largest absolute Gasteiger partial charge is 0.394 e. The molecule has 0 radical (unpaired) electrons. The molecule has 0 aromatic heterocycles. The first kappa shape index (κ1) is 21.0. The molecule has 0 fully saturated rings. The fourth-order valence-electron chi connectivity index (χ4n) is 1.77. The molecule has 11 heteroatoms. The van der Waals surface area contributed by atoms with Gasteiger partial charge in [-0.3, -0.25) is 14.4 Å². The van der Waals surface area contributed by atoms with Gasteiger partial charge in [0.05, 0.1) is 45.0 Å². The minimum Gasteiger partial charge on any atom is -0.394 e. The summed E-state index contributed by atoms with van der Waals surface area (Å²) in [4.78, 5) is 35.6. The molecule has 132 valence electrons. The number of benzene rings is 1.